The molecule has 1 aliphatic heterocycles. The highest BCUT2D eigenvalue weighted by molar-refractivity contribution is 7.80. The summed E-state index contributed by atoms with van der Waals surface area (Å²) in [6.45, 7) is 2.57. The number of nitrogens with zero attached hydrogens (tertiary/aromatic N) is 3. The van der Waals surface area contributed by atoms with Crippen LogP contribution in [0.1, 0.15) is 5.56 Å². The summed E-state index contributed by atoms with van der Waals surface area (Å²) in [5, 5.41) is 3.80. The van der Waals surface area contributed by atoms with Crippen molar-refractivity contribution >= 4 is 28.8 Å². The van der Waals surface area contributed by atoms with Crippen molar-refractivity contribution < 1.29 is 17.9 Å². The number of benzene rings is 1. The van der Waals surface area contributed by atoms with E-state index in [-0.39, 0.29) is 0 Å². The number of methoxy groups -OCH3 is 1. The molecule has 1 N–H and O–H groups in total. The third-order valence-electron chi connectivity index (χ3n) is 4.31. The average Bonchev–Trinajstić information content (AvgIpc) is 2.68. The van der Waals surface area contributed by atoms with E-state index in [1.54, 1.807) is 7.11 Å². The van der Waals surface area contributed by atoms with Gasteiger partial charge in [0.05, 0.1) is 12.7 Å². The van der Waals surface area contributed by atoms with Gasteiger partial charge in [0.2, 0.25) is 0 Å². The van der Waals surface area contributed by atoms with Gasteiger partial charge in [0.25, 0.3) is 0 Å². The molecule has 1 fully saturated rings. The lowest BCUT2D eigenvalue weighted by molar-refractivity contribution is -0.137. The van der Waals surface area contributed by atoms with E-state index in [9.17, 15) is 13.2 Å². The van der Waals surface area contributed by atoms with Crippen molar-refractivity contribution in [2.24, 2.45) is 0 Å². The molecule has 5 nitrogen and oxygen atoms in total. The van der Waals surface area contributed by atoms with Gasteiger partial charge in [-0.15, -0.1) is 0 Å². The van der Waals surface area contributed by atoms with Crippen LogP contribution in [-0.4, -0.2) is 48.3 Å². The van der Waals surface area contributed by atoms with Crippen LogP contribution in [0.3, 0.4) is 0 Å². The van der Waals surface area contributed by atoms with Crippen LogP contribution in [0.25, 0.3) is 0 Å². The Morgan fingerprint density at radius 2 is 1.74 bits per heavy atom. The molecule has 0 bridgehead atoms. The predicted molar refractivity (Wildman–Crippen MR) is 102 cm³/mol. The smallest absolute Gasteiger partial charge is 0.417 e. The first-order valence-corrected chi connectivity index (χ1v) is 8.76. The second kappa shape index (κ2) is 7.99. The number of hydrogen-bond acceptors (Lipinski definition) is 4. The SMILES string of the molecule is COc1ccc(NC(=S)N2CCN(c3ccc(C(F)(F)F)cn3)CC2)cc1. The highest BCUT2D eigenvalue weighted by Gasteiger charge is 2.31. The van der Waals surface area contributed by atoms with Crippen molar-refractivity contribution in [3.63, 3.8) is 0 Å². The van der Waals surface area contributed by atoms with Crippen molar-refractivity contribution in [3.05, 3.63) is 48.2 Å². The summed E-state index contributed by atoms with van der Waals surface area (Å²) in [4.78, 5) is 7.93. The number of halogens is 3. The molecule has 0 spiro atoms. The van der Waals surface area contributed by atoms with E-state index in [4.69, 9.17) is 17.0 Å². The van der Waals surface area contributed by atoms with Gasteiger partial charge in [-0.05, 0) is 48.6 Å². The first kappa shape index (κ1) is 19.2. The van der Waals surface area contributed by atoms with E-state index in [2.05, 4.69) is 10.3 Å². The molecule has 0 radical (unpaired) electrons. The second-order valence-electron chi connectivity index (χ2n) is 6.04. The number of pyridine rings is 1. The van der Waals surface area contributed by atoms with Gasteiger partial charge in [0.15, 0.2) is 5.11 Å². The molecule has 2 aromatic rings. The molecule has 2 heterocycles. The molecular weight excluding hydrogens is 377 g/mol. The number of rotatable bonds is 3. The van der Waals surface area contributed by atoms with Crippen LogP contribution in [-0.2, 0) is 6.18 Å². The van der Waals surface area contributed by atoms with E-state index in [0.717, 1.165) is 23.7 Å². The van der Waals surface area contributed by atoms with Crippen LogP contribution in [0.4, 0.5) is 24.7 Å². The zero-order valence-corrected chi connectivity index (χ0v) is 15.5. The van der Waals surface area contributed by atoms with E-state index in [1.165, 1.54) is 6.07 Å². The Morgan fingerprint density at radius 1 is 1.07 bits per heavy atom. The van der Waals surface area contributed by atoms with Gasteiger partial charge in [-0.25, -0.2) is 4.98 Å². The Bertz CT molecular complexity index is 773. The summed E-state index contributed by atoms with van der Waals surface area (Å²) in [7, 11) is 1.61. The Labute approximate surface area is 160 Å². The minimum absolute atomic E-state index is 0.539. The van der Waals surface area contributed by atoms with Crippen molar-refractivity contribution in [1.82, 2.24) is 9.88 Å². The van der Waals surface area contributed by atoms with Crippen LogP contribution in [0.2, 0.25) is 0 Å². The number of alkyl halides is 3. The lowest BCUT2D eigenvalue weighted by atomic mass is 10.2. The zero-order chi connectivity index (χ0) is 19.4. The summed E-state index contributed by atoms with van der Waals surface area (Å²) in [5.74, 6) is 1.31. The van der Waals surface area contributed by atoms with Crippen LogP contribution in [0.5, 0.6) is 5.75 Å². The zero-order valence-electron chi connectivity index (χ0n) is 14.7. The molecule has 1 aromatic carbocycles. The molecule has 0 amide bonds. The number of anilines is 2. The van der Waals surface area contributed by atoms with Gasteiger partial charge in [0, 0.05) is 38.1 Å². The molecule has 9 heteroatoms. The first-order chi connectivity index (χ1) is 12.9. The fraction of sp³-hybridized carbons (Fsp3) is 0.333. The minimum Gasteiger partial charge on any atom is -0.497 e. The molecule has 1 aromatic heterocycles. The second-order valence-corrected chi connectivity index (χ2v) is 6.42. The molecule has 0 atom stereocenters. The molecule has 1 saturated heterocycles. The maximum Gasteiger partial charge on any atom is 0.417 e. The van der Waals surface area contributed by atoms with Crippen molar-refractivity contribution in [2.75, 3.05) is 43.5 Å². The highest BCUT2D eigenvalue weighted by Crippen LogP contribution is 2.29. The van der Waals surface area contributed by atoms with Gasteiger partial charge in [-0.1, -0.05) is 0 Å². The maximum atomic E-state index is 12.6. The Morgan fingerprint density at radius 3 is 2.26 bits per heavy atom. The van der Waals surface area contributed by atoms with Crippen molar-refractivity contribution in [3.8, 4) is 5.75 Å². The number of ether oxygens (including phenoxy) is 1. The Hall–Kier alpha value is -2.55. The number of nitrogens with one attached hydrogen (secondary N) is 1. The lowest BCUT2D eigenvalue weighted by Crippen LogP contribution is -2.50. The summed E-state index contributed by atoms with van der Waals surface area (Å²) in [6.07, 6.45) is -3.50. The van der Waals surface area contributed by atoms with Crippen LogP contribution < -0.4 is 15.0 Å². The Balaban J connectivity index is 1.54. The first-order valence-electron chi connectivity index (χ1n) is 8.35. The van der Waals surface area contributed by atoms with Gasteiger partial charge < -0.3 is 19.9 Å². The molecule has 144 valence electrons. The van der Waals surface area contributed by atoms with Crippen molar-refractivity contribution in [2.45, 2.75) is 6.18 Å². The quantitative estimate of drug-likeness (QED) is 0.799. The van der Waals surface area contributed by atoms with Crippen LogP contribution in [0.15, 0.2) is 42.6 Å². The Kier molecular flexibility index (Phi) is 5.69. The molecule has 27 heavy (non-hydrogen) atoms. The lowest BCUT2D eigenvalue weighted by Gasteiger charge is -2.36. The van der Waals surface area contributed by atoms with Gasteiger partial charge in [0.1, 0.15) is 11.6 Å². The molecule has 0 aliphatic carbocycles. The largest absolute Gasteiger partial charge is 0.497 e. The van der Waals surface area contributed by atoms with Crippen LogP contribution >= 0.6 is 12.2 Å². The van der Waals surface area contributed by atoms with E-state index in [1.807, 2.05) is 34.1 Å². The van der Waals surface area contributed by atoms with Crippen molar-refractivity contribution in [1.29, 1.82) is 0 Å². The van der Waals surface area contributed by atoms with Gasteiger partial charge in [-0.3, -0.25) is 0 Å². The monoisotopic (exact) mass is 396 g/mol. The fourth-order valence-corrected chi connectivity index (χ4v) is 3.06. The van der Waals surface area contributed by atoms with Crippen LogP contribution in [0, 0.1) is 0 Å². The number of piperazine rings is 1. The summed E-state index contributed by atoms with van der Waals surface area (Å²) in [6, 6.07) is 9.93. The third-order valence-corrected chi connectivity index (χ3v) is 4.67. The minimum atomic E-state index is -4.37. The fourth-order valence-electron chi connectivity index (χ4n) is 2.76. The summed E-state index contributed by atoms with van der Waals surface area (Å²) < 4.78 is 43.0. The predicted octanol–water partition coefficient (Wildman–Crippen LogP) is 3.63. The maximum absolute atomic E-state index is 12.6. The number of aromatic nitrogens is 1. The van der Waals surface area contributed by atoms with E-state index in [0.29, 0.717) is 37.1 Å². The summed E-state index contributed by atoms with van der Waals surface area (Å²) >= 11 is 5.45. The van der Waals surface area contributed by atoms with Gasteiger partial charge in [-0.2, -0.15) is 13.2 Å². The molecule has 0 unspecified atom stereocenters. The van der Waals surface area contributed by atoms with E-state index < -0.39 is 11.7 Å². The number of hydrogen-bond donors (Lipinski definition) is 1. The summed E-state index contributed by atoms with van der Waals surface area (Å²) in [5.41, 5.74) is 0.127. The average molecular weight is 396 g/mol. The third kappa shape index (κ3) is 4.79. The standard InChI is InChI=1S/C18H19F3N4OS/c1-26-15-5-3-14(4-6-15)23-17(27)25-10-8-24(9-11-25)16-7-2-13(12-22-16)18(19,20)21/h2-7,12H,8-11H2,1H3,(H,23,27). The normalized spacial score (nSPS) is 14.8. The van der Waals surface area contributed by atoms with Gasteiger partial charge >= 0.3 is 6.18 Å². The molecule has 0 saturated carbocycles. The topological polar surface area (TPSA) is 40.6 Å². The highest BCUT2D eigenvalue weighted by atomic mass is 32.1. The molecule has 1 aliphatic rings. The van der Waals surface area contributed by atoms with E-state index >= 15 is 0 Å². The molecular formula is C18H19F3N4OS. The number of thiocarbonyl (C=S) groups is 1. The molecule has 3 rings (SSSR count).